The lowest BCUT2D eigenvalue weighted by Gasteiger charge is -2.17. The van der Waals surface area contributed by atoms with E-state index in [1.807, 2.05) is 6.92 Å². The maximum absolute atomic E-state index is 14.5. The molecule has 2 aromatic rings. The van der Waals surface area contributed by atoms with Crippen LogP contribution < -0.4 is 17.1 Å². The summed E-state index contributed by atoms with van der Waals surface area (Å²) in [6.07, 6.45) is -3.88. The van der Waals surface area contributed by atoms with Crippen LogP contribution in [0.2, 0.25) is 5.02 Å². The van der Waals surface area contributed by atoms with Crippen LogP contribution in [0.4, 0.5) is 17.6 Å². The maximum atomic E-state index is 14.5. The Hall–Kier alpha value is -2.27. The Morgan fingerprint density at radius 3 is 2.41 bits per heavy atom. The molecular formula is C17H16ClF4N3O3S. The number of aromatic nitrogens is 2. The number of halogens is 5. The average Bonchev–Trinajstić information content (AvgIpc) is 2.60. The third-order valence-corrected chi connectivity index (χ3v) is 5.81. The van der Waals surface area contributed by atoms with Crippen LogP contribution in [0, 0.1) is 5.82 Å². The molecule has 158 valence electrons. The molecule has 0 radical (unpaired) electrons. The summed E-state index contributed by atoms with van der Waals surface area (Å²) in [5.74, 6) is 3.90. The standard InChI is InChI=1S/C17H16ClF4N3O3S/c1-3-4-12(8(2)26)29-13-6-11(10(19)5-9(13)18)24-15(27)7-14(17(20,21)22)25(23)16(24)28/h5-7,12H,3-4,23H2,1-2H3. The summed E-state index contributed by atoms with van der Waals surface area (Å²) in [6.45, 7) is 3.23. The summed E-state index contributed by atoms with van der Waals surface area (Å²) in [5, 5.41) is -0.585. The predicted octanol–water partition coefficient (Wildman–Crippen LogP) is 3.37. The Bertz CT molecular complexity index is 1070. The molecule has 6 nitrogen and oxygen atoms in total. The molecule has 1 heterocycles. The van der Waals surface area contributed by atoms with Gasteiger partial charge < -0.3 is 5.84 Å². The van der Waals surface area contributed by atoms with Gasteiger partial charge in [0, 0.05) is 11.0 Å². The van der Waals surface area contributed by atoms with E-state index in [9.17, 15) is 31.9 Å². The topological polar surface area (TPSA) is 87.1 Å². The van der Waals surface area contributed by atoms with Crippen molar-refractivity contribution in [1.29, 1.82) is 0 Å². The first-order valence-corrected chi connectivity index (χ1v) is 9.52. The molecule has 1 unspecified atom stereocenters. The number of hydrogen-bond acceptors (Lipinski definition) is 5. The third-order valence-electron chi connectivity index (χ3n) is 3.94. The molecule has 0 aliphatic carbocycles. The fourth-order valence-corrected chi connectivity index (χ4v) is 4.00. The van der Waals surface area contributed by atoms with E-state index < -0.39 is 39.9 Å². The predicted molar refractivity (Wildman–Crippen MR) is 102 cm³/mol. The fourth-order valence-electron chi connectivity index (χ4n) is 2.54. The first-order chi connectivity index (χ1) is 13.4. The molecule has 0 aliphatic heterocycles. The molecule has 12 heteroatoms. The number of rotatable bonds is 6. The van der Waals surface area contributed by atoms with Gasteiger partial charge in [-0.2, -0.15) is 13.2 Å². The normalized spacial score (nSPS) is 12.8. The van der Waals surface area contributed by atoms with Crippen molar-refractivity contribution in [1.82, 2.24) is 9.24 Å². The van der Waals surface area contributed by atoms with Crippen molar-refractivity contribution in [2.24, 2.45) is 0 Å². The number of Topliss-reactive ketones (excluding diaryl/α,β-unsaturated/α-hetero) is 1. The summed E-state index contributed by atoms with van der Waals surface area (Å²) in [6, 6.07) is 1.94. The van der Waals surface area contributed by atoms with E-state index in [-0.39, 0.29) is 31.0 Å². The van der Waals surface area contributed by atoms with Gasteiger partial charge in [-0.3, -0.25) is 9.59 Å². The minimum atomic E-state index is -5.05. The van der Waals surface area contributed by atoms with E-state index in [4.69, 9.17) is 17.4 Å². The van der Waals surface area contributed by atoms with Crippen molar-refractivity contribution in [3.05, 3.63) is 55.6 Å². The Morgan fingerprint density at radius 1 is 1.28 bits per heavy atom. The maximum Gasteiger partial charge on any atom is 0.433 e. The van der Waals surface area contributed by atoms with Gasteiger partial charge in [-0.15, -0.1) is 11.8 Å². The molecule has 2 rings (SSSR count). The first-order valence-electron chi connectivity index (χ1n) is 8.26. The Kier molecular flexibility index (Phi) is 6.84. The van der Waals surface area contributed by atoms with E-state index >= 15 is 0 Å². The summed E-state index contributed by atoms with van der Waals surface area (Å²) >= 11 is 7.02. The molecule has 29 heavy (non-hydrogen) atoms. The number of thioether (sulfide) groups is 1. The summed E-state index contributed by atoms with van der Waals surface area (Å²) in [5.41, 5.74) is -5.30. The number of nitrogen functional groups attached to an aromatic ring is 1. The molecule has 1 aromatic carbocycles. The average molecular weight is 454 g/mol. The van der Waals surface area contributed by atoms with E-state index in [0.717, 1.165) is 23.9 Å². The zero-order valence-corrected chi connectivity index (χ0v) is 16.8. The van der Waals surface area contributed by atoms with Gasteiger partial charge in [0.1, 0.15) is 11.6 Å². The molecule has 0 fully saturated rings. The quantitative estimate of drug-likeness (QED) is 0.411. The second-order valence-electron chi connectivity index (χ2n) is 6.09. The van der Waals surface area contributed by atoms with Gasteiger partial charge in [-0.1, -0.05) is 24.9 Å². The second-order valence-corrected chi connectivity index (χ2v) is 7.75. The van der Waals surface area contributed by atoms with Crippen molar-refractivity contribution in [3.63, 3.8) is 0 Å². The zero-order valence-electron chi connectivity index (χ0n) is 15.2. The third kappa shape index (κ3) is 4.84. The molecule has 1 aromatic heterocycles. The number of carbonyl (C=O) groups excluding carboxylic acids is 1. The minimum absolute atomic E-state index is 0.0772. The van der Waals surface area contributed by atoms with Crippen molar-refractivity contribution in [2.75, 3.05) is 5.84 Å². The van der Waals surface area contributed by atoms with E-state index in [1.54, 1.807) is 0 Å². The van der Waals surface area contributed by atoms with Crippen molar-refractivity contribution < 1.29 is 22.4 Å². The van der Waals surface area contributed by atoms with E-state index in [2.05, 4.69) is 0 Å². The highest BCUT2D eigenvalue weighted by Crippen LogP contribution is 2.35. The fraction of sp³-hybridized carbons (Fsp3) is 0.353. The van der Waals surface area contributed by atoms with Gasteiger partial charge in [0.2, 0.25) is 0 Å². The lowest BCUT2D eigenvalue weighted by molar-refractivity contribution is -0.143. The summed E-state index contributed by atoms with van der Waals surface area (Å²) < 4.78 is 53.1. The molecule has 0 amide bonds. The van der Waals surface area contributed by atoms with Crippen LogP contribution in [0.15, 0.2) is 32.7 Å². The molecule has 0 saturated carbocycles. The lowest BCUT2D eigenvalue weighted by Crippen LogP contribution is -2.45. The lowest BCUT2D eigenvalue weighted by atomic mass is 10.2. The highest BCUT2D eigenvalue weighted by molar-refractivity contribution is 8.00. The molecule has 2 N–H and O–H groups in total. The van der Waals surface area contributed by atoms with Gasteiger partial charge in [-0.05, 0) is 25.5 Å². The molecular weight excluding hydrogens is 438 g/mol. The monoisotopic (exact) mass is 453 g/mol. The first kappa shape index (κ1) is 23.0. The van der Waals surface area contributed by atoms with Crippen LogP contribution in [0.3, 0.4) is 0 Å². The number of ketones is 1. The van der Waals surface area contributed by atoms with Crippen LogP contribution in [-0.4, -0.2) is 20.3 Å². The Labute approximate surface area is 171 Å². The number of hydrogen-bond donors (Lipinski definition) is 1. The van der Waals surface area contributed by atoms with Crippen molar-refractivity contribution >= 4 is 29.1 Å². The van der Waals surface area contributed by atoms with Gasteiger partial charge in [0.05, 0.1) is 16.0 Å². The van der Waals surface area contributed by atoms with Gasteiger partial charge in [0.15, 0.2) is 5.69 Å². The summed E-state index contributed by atoms with van der Waals surface area (Å²) in [4.78, 5) is 36.4. The largest absolute Gasteiger partial charge is 0.433 e. The molecule has 0 aliphatic rings. The highest BCUT2D eigenvalue weighted by Gasteiger charge is 2.36. The van der Waals surface area contributed by atoms with Crippen LogP contribution in [0.25, 0.3) is 5.69 Å². The number of carbonyl (C=O) groups is 1. The summed E-state index contributed by atoms with van der Waals surface area (Å²) in [7, 11) is 0. The number of alkyl halides is 3. The SMILES string of the molecule is CCCC(Sc1cc(-n2c(=O)cc(C(F)(F)F)n(N)c2=O)c(F)cc1Cl)C(C)=O. The van der Waals surface area contributed by atoms with Crippen LogP contribution in [0.1, 0.15) is 32.4 Å². The molecule has 0 spiro atoms. The van der Waals surface area contributed by atoms with E-state index in [0.29, 0.717) is 12.8 Å². The smallest absolute Gasteiger partial charge is 0.335 e. The Balaban J connectivity index is 2.68. The van der Waals surface area contributed by atoms with Crippen molar-refractivity contribution in [2.45, 2.75) is 43.0 Å². The van der Waals surface area contributed by atoms with Gasteiger partial charge in [0.25, 0.3) is 5.56 Å². The minimum Gasteiger partial charge on any atom is -0.335 e. The van der Waals surface area contributed by atoms with Gasteiger partial charge in [-0.25, -0.2) is 18.4 Å². The van der Waals surface area contributed by atoms with Crippen LogP contribution >= 0.6 is 23.4 Å². The highest BCUT2D eigenvalue weighted by atomic mass is 35.5. The molecule has 0 bridgehead atoms. The van der Waals surface area contributed by atoms with E-state index in [1.165, 1.54) is 6.92 Å². The number of benzene rings is 1. The van der Waals surface area contributed by atoms with Crippen LogP contribution in [-0.2, 0) is 11.0 Å². The number of nitrogens with two attached hydrogens (primary N) is 1. The van der Waals surface area contributed by atoms with Gasteiger partial charge >= 0.3 is 11.9 Å². The van der Waals surface area contributed by atoms with Crippen LogP contribution in [0.5, 0.6) is 0 Å². The zero-order chi connectivity index (χ0) is 22.1. The second kappa shape index (κ2) is 8.62. The molecule has 0 saturated heterocycles. The Morgan fingerprint density at radius 2 is 1.90 bits per heavy atom. The number of nitrogens with zero attached hydrogens (tertiary/aromatic N) is 2. The van der Waals surface area contributed by atoms with Crippen molar-refractivity contribution in [3.8, 4) is 5.69 Å². The molecule has 1 atom stereocenters.